The maximum atomic E-state index is 14.0. The number of aromatic nitrogens is 1. The lowest BCUT2D eigenvalue weighted by Gasteiger charge is -2.18. The molecule has 0 saturated heterocycles. The first-order valence-electron chi connectivity index (χ1n) is 6.24. The van der Waals surface area contributed by atoms with Crippen molar-refractivity contribution in [3.05, 3.63) is 23.0 Å². The number of fused-ring (bicyclic) bond motifs is 1. The lowest BCUT2D eigenvalue weighted by atomic mass is 9.98. The van der Waals surface area contributed by atoms with Gasteiger partial charge in [0.25, 0.3) is 12.3 Å². The van der Waals surface area contributed by atoms with Gasteiger partial charge in [0, 0.05) is 18.4 Å². The Morgan fingerprint density at radius 1 is 1.29 bits per heavy atom. The number of ether oxygens (including phenoxy) is 1. The van der Waals surface area contributed by atoms with E-state index in [1.54, 1.807) is 0 Å². The van der Waals surface area contributed by atoms with Crippen LogP contribution in [0.5, 0.6) is 5.75 Å². The van der Waals surface area contributed by atoms with Crippen LogP contribution < -0.4 is 4.74 Å². The minimum Gasteiger partial charge on any atom is -0.486 e. The van der Waals surface area contributed by atoms with E-state index >= 15 is 0 Å². The highest BCUT2D eigenvalue weighted by atomic mass is 19.3. The van der Waals surface area contributed by atoms with Gasteiger partial charge in [0.2, 0.25) is 0 Å². The van der Waals surface area contributed by atoms with E-state index in [9.17, 15) is 26.3 Å². The molecule has 1 aromatic rings. The summed E-state index contributed by atoms with van der Waals surface area (Å²) in [6.07, 6.45) is -6.33. The fourth-order valence-electron chi connectivity index (χ4n) is 2.46. The first kappa shape index (κ1) is 15.9. The summed E-state index contributed by atoms with van der Waals surface area (Å²) in [4.78, 5) is 3.47. The van der Waals surface area contributed by atoms with Gasteiger partial charge in [0.1, 0.15) is 24.2 Å². The zero-order chi connectivity index (χ0) is 15.9. The van der Waals surface area contributed by atoms with Gasteiger partial charge < -0.3 is 4.74 Å². The molecule has 1 heterocycles. The number of halogens is 6. The third-order valence-corrected chi connectivity index (χ3v) is 3.39. The lowest BCUT2D eigenvalue weighted by Crippen LogP contribution is -2.16. The standard InChI is InChI=1S/C13H13F6NO/c1-5-8-9(11(17)10(5)16)6(21-4-7(14)15)3-20-12(8)13(2,18)19/h3,5,7,10-11H,4H2,1-2H3/t5-,10-,11+/m0/s1. The van der Waals surface area contributed by atoms with Crippen molar-refractivity contribution in [2.45, 2.75) is 44.5 Å². The highest BCUT2D eigenvalue weighted by molar-refractivity contribution is 5.50. The molecule has 0 saturated carbocycles. The van der Waals surface area contributed by atoms with E-state index in [0.29, 0.717) is 6.92 Å². The summed E-state index contributed by atoms with van der Waals surface area (Å²) >= 11 is 0. The summed E-state index contributed by atoms with van der Waals surface area (Å²) in [6.45, 7) is 0.756. The zero-order valence-corrected chi connectivity index (χ0v) is 11.2. The van der Waals surface area contributed by atoms with Gasteiger partial charge in [-0.05, 0) is 5.56 Å². The van der Waals surface area contributed by atoms with Crippen LogP contribution in [0.3, 0.4) is 0 Å². The van der Waals surface area contributed by atoms with Crippen LogP contribution in [0, 0.1) is 0 Å². The molecule has 2 rings (SSSR count). The maximum absolute atomic E-state index is 14.0. The third kappa shape index (κ3) is 2.80. The normalized spacial score (nSPS) is 25.3. The highest BCUT2D eigenvalue weighted by Gasteiger charge is 2.46. The Hall–Kier alpha value is -1.47. The number of rotatable bonds is 4. The fraction of sp³-hybridized carbons (Fsp3) is 0.615. The Labute approximate surface area is 117 Å². The lowest BCUT2D eigenvalue weighted by molar-refractivity contribution is 0.0111. The van der Waals surface area contributed by atoms with Crippen LogP contribution in [0.15, 0.2) is 6.20 Å². The average Bonchev–Trinajstić information content (AvgIpc) is 2.60. The van der Waals surface area contributed by atoms with Gasteiger partial charge in [-0.1, -0.05) is 6.92 Å². The largest absolute Gasteiger partial charge is 0.486 e. The predicted octanol–water partition coefficient (Wildman–Crippen LogP) is 4.30. The monoisotopic (exact) mass is 313 g/mol. The Morgan fingerprint density at radius 3 is 2.43 bits per heavy atom. The van der Waals surface area contributed by atoms with Crippen LogP contribution >= 0.6 is 0 Å². The number of hydrogen-bond donors (Lipinski definition) is 0. The second-order valence-corrected chi connectivity index (χ2v) is 5.02. The van der Waals surface area contributed by atoms with E-state index in [0.717, 1.165) is 6.20 Å². The molecule has 0 spiro atoms. The fourth-order valence-corrected chi connectivity index (χ4v) is 2.46. The van der Waals surface area contributed by atoms with Gasteiger partial charge in [0.05, 0.1) is 6.20 Å². The third-order valence-electron chi connectivity index (χ3n) is 3.39. The van der Waals surface area contributed by atoms with E-state index in [2.05, 4.69) is 9.72 Å². The second-order valence-electron chi connectivity index (χ2n) is 5.02. The van der Waals surface area contributed by atoms with Crippen molar-refractivity contribution in [2.24, 2.45) is 0 Å². The van der Waals surface area contributed by atoms with Gasteiger partial charge in [-0.2, -0.15) is 8.78 Å². The molecule has 0 amide bonds. The Bertz CT molecular complexity index is 530. The van der Waals surface area contributed by atoms with Crippen molar-refractivity contribution in [1.82, 2.24) is 4.98 Å². The van der Waals surface area contributed by atoms with Gasteiger partial charge in [-0.15, -0.1) is 0 Å². The van der Waals surface area contributed by atoms with Crippen LogP contribution in [0.1, 0.15) is 42.8 Å². The van der Waals surface area contributed by atoms with Crippen molar-refractivity contribution in [3.63, 3.8) is 0 Å². The Kier molecular flexibility index (Phi) is 4.08. The van der Waals surface area contributed by atoms with E-state index in [1.165, 1.54) is 6.92 Å². The van der Waals surface area contributed by atoms with E-state index in [-0.39, 0.29) is 5.56 Å². The molecular formula is C13H13F6NO. The molecule has 0 aromatic carbocycles. The molecule has 8 heteroatoms. The quantitative estimate of drug-likeness (QED) is 0.773. The van der Waals surface area contributed by atoms with Crippen LogP contribution in [-0.2, 0) is 5.92 Å². The molecule has 0 bridgehead atoms. The number of alkyl halides is 6. The molecule has 3 atom stereocenters. The van der Waals surface area contributed by atoms with Crippen molar-refractivity contribution in [2.75, 3.05) is 6.61 Å². The Morgan fingerprint density at radius 2 is 1.90 bits per heavy atom. The molecular weight excluding hydrogens is 300 g/mol. The Balaban J connectivity index is 2.54. The topological polar surface area (TPSA) is 22.1 Å². The molecule has 1 aliphatic rings. The van der Waals surface area contributed by atoms with Gasteiger partial charge in [0.15, 0.2) is 6.17 Å². The molecule has 0 fully saturated rings. The highest BCUT2D eigenvalue weighted by Crippen LogP contribution is 2.51. The predicted molar refractivity (Wildman–Crippen MR) is 62.5 cm³/mol. The number of pyridine rings is 1. The molecule has 2 nitrogen and oxygen atoms in total. The smallest absolute Gasteiger partial charge is 0.287 e. The molecule has 0 unspecified atom stereocenters. The van der Waals surface area contributed by atoms with E-state index in [1.807, 2.05) is 0 Å². The molecule has 118 valence electrons. The summed E-state index contributed by atoms with van der Waals surface area (Å²) in [5.41, 5.74) is -1.49. The zero-order valence-electron chi connectivity index (χ0n) is 11.2. The number of nitrogens with zero attached hydrogens (tertiary/aromatic N) is 1. The SMILES string of the molecule is C[C@H]1c2c(C(C)(F)F)ncc(OCC(F)F)c2[C@@H](F)[C@H]1F. The average molecular weight is 313 g/mol. The molecule has 0 N–H and O–H groups in total. The van der Waals surface area contributed by atoms with Crippen molar-refractivity contribution in [1.29, 1.82) is 0 Å². The summed E-state index contributed by atoms with van der Waals surface area (Å²) < 4.78 is 83.8. The first-order valence-corrected chi connectivity index (χ1v) is 6.24. The molecule has 0 radical (unpaired) electrons. The molecule has 1 aliphatic carbocycles. The van der Waals surface area contributed by atoms with Crippen LogP contribution in [0.25, 0.3) is 0 Å². The minimum atomic E-state index is -3.40. The number of hydrogen-bond acceptors (Lipinski definition) is 2. The molecule has 1 aromatic heterocycles. The summed E-state index contributed by atoms with van der Waals surface area (Å²) in [7, 11) is 0. The van der Waals surface area contributed by atoms with Crippen molar-refractivity contribution >= 4 is 0 Å². The van der Waals surface area contributed by atoms with Crippen LogP contribution in [0.2, 0.25) is 0 Å². The maximum Gasteiger partial charge on any atom is 0.287 e. The second kappa shape index (κ2) is 5.38. The van der Waals surface area contributed by atoms with Crippen LogP contribution in [0.4, 0.5) is 26.3 Å². The van der Waals surface area contributed by atoms with E-state index in [4.69, 9.17) is 0 Å². The van der Waals surface area contributed by atoms with Crippen LogP contribution in [-0.4, -0.2) is 24.2 Å². The molecule has 0 aliphatic heterocycles. The van der Waals surface area contributed by atoms with Gasteiger partial charge in [-0.3, -0.25) is 4.98 Å². The summed E-state index contributed by atoms with van der Waals surface area (Å²) in [5, 5.41) is 0. The first-order chi connectivity index (χ1) is 9.64. The van der Waals surface area contributed by atoms with E-state index < -0.39 is 54.2 Å². The van der Waals surface area contributed by atoms with Crippen molar-refractivity contribution in [3.8, 4) is 5.75 Å². The molecule has 21 heavy (non-hydrogen) atoms. The minimum absolute atomic E-state index is 0.297. The summed E-state index contributed by atoms with van der Waals surface area (Å²) in [5.74, 6) is -4.97. The van der Waals surface area contributed by atoms with Crippen molar-refractivity contribution < 1.29 is 31.1 Å². The summed E-state index contributed by atoms with van der Waals surface area (Å²) in [6, 6.07) is 0. The van der Waals surface area contributed by atoms with Gasteiger partial charge in [-0.25, -0.2) is 17.6 Å². The van der Waals surface area contributed by atoms with Gasteiger partial charge >= 0.3 is 0 Å².